The third-order valence-corrected chi connectivity index (χ3v) is 5.55. The minimum Gasteiger partial charge on any atom is -0.339 e. The quantitative estimate of drug-likeness (QED) is 0.606. The highest BCUT2D eigenvalue weighted by atomic mass is 35.5. The van der Waals surface area contributed by atoms with Crippen LogP contribution in [0.25, 0.3) is 5.70 Å². The van der Waals surface area contributed by atoms with Crippen LogP contribution in [0.5, 0.6) is 0 Å². The van der Waals surface area contributed by atoms with E-state index < -0.39 is 0 Å². The number of hydrogen-bond acceptors (Lipinski definition) is 2. The fraction of sp³-hybridized carbons (Fsp3) is 0.125. The molecule has 3 heteroatoms. The van der Waals surface area contributed by atoms with Gasteiger partial charge in [0, 0.05) is 21.8 Å². The number of benzene rings is 3. The van der Waals surface area contributed by atoms with Crippen LogP contribution >= 0.6 is 11.6 Å². The molecule has 5 rings (SSSR count). The number of halogens is 1. The zero-order chi connectivity index (χ0) is 18.2. The third-order valence-electron chi connectivity index (χ3n) is 5.31. The van der Waals surface area contributed by atoms with E-state index in [0.717, 1.165) is 34.8 Å². The van der Waals surface area contributed by atoms with E-state index in [1.807, 2.05) is 36.4 Å². The number of aliphatic imine (C=N–C) groups is 1. The lowest BCUT2D eigenvalue weighted by Crippen LogP contribution is -2.32. The van der Waals surface area contributed by atoms with Gasteiger partial charge in [-0.1, -0.05) is 78.3 Å². The van der Waals surface area contributed by atoms with E-state index in [4.69, 9.17) is 16.6 Å². The second-order valence-electron chi connectivity index (χ2n) is 6.98. The van der Waals surface area contributed by atoms with E-state index in [1.165, 1.54) is 22.4 Å². The first kappa shape index (κ1) is 16.3. The molecule has 1 atom stereocenters. The van der Waals surface area contributed by atoms with Crippen molar-refractivity contribution in [1.82, 2.24) is 5.32 Å². The van der Waals surface area contributed by atoms with Gasteiger partial charge >= 0.3 is 0 Å². The number of nitrogens with one attached hydrogen (secondary N) is 1. The van der Waals surface area contributed by atoms with E-state index in [9.17, 15) is 0 Å². The molecule has 0 radical (unpaired) electrons. The first-order valence-corrected chi connectivity index (χ1v) is 9.64. The lowest BCUT2D eigenvalue weighted by atomic mass is 9.83. The molecule has 0 spiro atoms. The van der Waals surface area contributed by atoms with E-state index in [1.54, 1.807) is 0 Å². The zero-order valence-corrected chi connectivity index (χ0v) is 15.6. The van der Waals surface area contributed by atoms with Crippen molar-refractivity contribution in [3.63, 3.8) is 0 Å². The molecule has 1 aliphatic carbocycles. The predicted octanol–water partition coefficient (Wildman–Crippen LogP) is 5.79. The molecule has 3 aromatic rings. The smallest absolute Gasteiger partial charge is 0.133 e. The summed E-state index contributed by atoms with van der Waals surface area (Å²) in [6.07, 6.45) is 2.05. The molecule has 132 valence electrons. The van der Waals surface area contributed by atoms with Crippen LogP contribution in [0.15, 0.2) is 89.4 Å². The number of amidine groups is 1. The highest BCUT2D eigenvalue weighted by molar-refractivity contribution is 6.30. The van der Waals surface area contributed by atoms with Crippen molar-refractivity contribution in [3.8, 4) is 0 Å². The van der Waals surface area contributed by atoms with Crippen LogP contribution in [-0.4, -0.2) is 5.84 Å². The predicted molar refractivity (Wildman–Crippen MR) is 112 cm³/mol. The van der Waals surface area contributed by atoms with Gasteiger partial charge in [-0.3, -0.25) is 4.99 Å². The second kappa shape index (κ2) is 6.71. The Morgan fingerprint density at radius 3 is 2.52 bits per heavy atom. The summed E-state index contributed by atoms with van der Waals surface area (Å²) in [7, 11) is 0. The topological polar surface area (TPSA) is 24.4 Å². The minimum absolute atomic E-state index is 0.0106. The fourth-order valence-electron chi connectivity index (χ4n) is 4.02. The number of rotatable bonds is 2. The normalized spacial score (nSPS) is 18.3. The van der Waals surface area contributed by atoms with E-state index in [0.29, 0.717) is 0 Å². The summed E-state index contributed by atoms with van der Waals surface area (Å²) in [5.41, 5.74) is 7.46. The largest absolute Gasteiger partial charge is 0.339 e. The maximum absolute atomic E-state index is 6.29. The molecule has 3 aromatic carbocycles. The van der Waals surface area contributed by atoms with Gasteiger partial charge in [-0.2, -0.15) is 0 Å². The van der Waals surface area contributed by atoms with Crippen LogP contribution in [-0.2, 0) is 6.42 Å². The Morgan fingerprint density at radius 1 is 0.852 bits per heavy atom. The van der Waals surface area contributed by atoms with Crippen molar-refractivity contribution in [2.45, 2.75) is 18.9 Å². The molecule has 2 nitrogen and oxygen atoms in total. The standard InChI is InChI=1S/C24H19ClN2/c25-19-11-6-10-18(15-19)22-21-14-13-16-7-4-5-12-20(16)23(21)27-24(26-22)17-8-2-1-3-9-17/h1-12,15,22H,13-14H2,(H,26,27). The fourth-order valence-corrected chi connectivity index (χ4v) is 4.22. The molecule has 1 N–H and O–H groups in total. The van der Waals surface area contributed by atoms with Crippen molar-refractivity contribution in [2.24, 2.45) is 4.99 Å². The highest BCUT2D eigenvalue weighted by Crippen LogP contribution is 2.41. The van der Waals surface area contributed by atoms with Gasteiger partial charge < -0.3 is 5.32 Å². The van der Waals surface area contributed by atoms with Crippen LogP contribution in [0.4, 0.5) is 0 Å². The van der Waals surface area contributed by atoms with E-state index in [2.05, 4.69) is 47.8 Å². The maximum Gasteiger partial charge on any atom is 0.133 e. The molecule has 27 heavy (non-hydrogen) atoms. The molecule has 0 aromatic heterocycles. The van der Waals surface area contributed by atoms with Crippen molar-refractivity contribution < 1.29 is 0 Å². The Labute approximate surface area is 164 Å². The molecule has 0 saturated carbocycles. The third kappa shape index (κ3) is 2.96. The van der Waals surface area contributed by atoms with Crippen molar-refractivity contribution in [3.05, 3.63) is 112 Å². The van der Waals surface area contributed by atoms with E-state index >= 15 is 0 Å². The Hall–Kier alpha value is -2.84. The summed E-state index contributed by atoms with van der Waals surface area (Å²) in [6.45, 7) is 0. The molecule has 1 unspecified atom stereocenters. The summed E-state index contributed by atoms with van der Waals surface area (Å²) < 4.78 is 0. The average molecular weight is 371 g/mol. The van der Waals surface area contributed by atoms with Crippen LogP contribution in [0.3, 0.4) is 0 Å². The van der Waals surface area contributed by atoms with E-state index in [-0.39, 0.29) is 6.04 Å². The Kier molecular flexibility index (Phi) is 4.06. The maximum atomic E-state index is 6.29. The van der Waals surface area contributed by atoms with Crippen molar-refractivity contribution in [2.75, 3.05) is 0 Å². The van der Waals surface area contributed by atoms with Gasteiger partial charge in [-0.25, -0.2) is 0 Å². The lowest BCUT2D eigenvalue weighted by molar-refractivity contribution is 0.737. The van der Waals surface area contributed by atoms with Gasteiger partial charge in [-0.15, -0.1) is 0 Å². The summed E-state index contributed by atoms with van der Waals surface area (Å²) >= 11 is 6.29. The van der Waals surface area contributed by atoms with Gasteiger partial charge in [0.15, 0.2) is 0 Å². The SMILES string of the molecule is Clc1cccc(C2N=C(c3ccccc3)NC3=C2CCc2ccccc23)c1. The van der Waals surface area contributed by atoms with Gasteiger partial charge in [-0.05, 0) is 41.7 Å². The molecular formula is C24H19ClN2. The molecule has 1 aliphatic heterocycles. The zero-order valence-electron chi connectivity index (χ0n) is 14.8. The molecule has 0 bridgehead atoms. The highest BCUT2D eigenvalue weighted by Gasteiger charge is 2.30. The first-order valence-electron chi connectivity index (χ1n) is 9.26. The molecular weight excluding hydrogens is 352 g/mol. The molecule has 0 fully saturated rings. The van der Waals surface area contributed by atoms with Crippen LogP contribution in [0, 0.1) is 0 Å². The van der Waals surface area contributed by atoms with Gasteiger partial charge in [0.05, 0.1) is 0 Å². The van der Waals surface area contributed by atoms with Gasteiger partial charge in [0.2, 0.25) is 0 Å². The van der Waals surface area contributed by atoms with Gasteiger partial charge in [0.25, 0.3) is 0 Å². The lowest BCUT2D eigenvalue weighted by Gasteiger charge is -2.33. The van der Waals surface area contributed by atoms with Crippen LogP contribution < -0.4 is 5.32 Å². The summed E-state index contributed by atoms with van der Waals surface area (Å²) in [5.74, 6) is 0.913. The first-order chi connectivity index (χ1) is 13.3. The molecule has 0 amide bonds. The molecule has 0 saturated heterocycles. The summed E-state index contributed by atoms with van der Waals surface area (Å²) in [6, 6.07) is 27.1. The summed E-state index contributed by atoms with van der Waals surface area (Å²) in [5, 5.41) is 4.39. The Balaban J connectivity index is 1.69. The van der Waals surface area contributed by atoms with Crippen molar-refractivity contribution >= 4 is 23.1 Å². The number of hydrogen-bond donors (Lipinski definition) is 1. The Morgan fingerprint density at radius 2 is 1.67 bits per heavy atom. The average Bonchev–Trinajstić information content (AvgIpc) is 2.73. The van der Waals surface area contributed by atoms with Gasteiger partial charge in [0.1, 0.15) is 11.9 Å². The summed E-state index contributed by atoms with van der Waals surface area (Å²) in [4.78, 5) is 5.11. The number of aryl methyl sites for hydroxylation is 1. The molecule has 1 heterocycles. The van der Waals surface area contributed by atoms with Crippen molar-refractivity contribution in [1.29, 1.82) is 0 Å². The second-order valence-corrected chi connectivity index (χ2v) is 7.42. The Bertz CT molecular complexity index is 1070. The number of fused-ring (bicyclic) bond motifs is 2. The monoisotopic (exact) mass is 370 g/mol. The van der Waals surface area contributed by atoms with Crippen LogP contribution in [0.1, 0.15) is 34.7 Å². The number of nitrogens with zero attached hydrogens (tertiary/aromatic N) is 1. The van der Waals surface area contributed by atoms with Crippen LogP contribution in [0.2, 0.25) is 5.02 Å². The minimum atomic E-state index is -0.0106. The molecule has 2 aliphatic rings.